The molecule has 3 atom stereocenters. The van der Waals surface area contributed by atoms with Crippen LogP contribution in [0.1, 0.15) is 50.5 Å². The predicted octanol–water partition coefficient (Wildman–Crippen LogP) is 3.36. The number of nitrogens with zero attached hydrogens (tertiary/aromatic N) is 2. The highest BCUT2D eigenvalue weighted by atomic mass is 35.5. The molecule has 3 unspecified atom stereocenters. The van der Waals surface area contributed by atoms with Gasteiger partial charge in [-0.2, -0.15) is 0 Å². The molecule has 0 spiro atoms. The molecule has 2 fully saturated rings. The molecule has 3 rings (SSSR count). The van der Waals surface area contributed by atoms with Crippen LogP contribution in [0.15, 0.2) is 6.07 Å². The van der Waals surface area contributed by atoms with Crippen molar-refractivity contribution >= 4 is 11.6 Å². The molecule has 0 radical (unpaired) electrons. The average Bonchev–Trinajstić information content (AvgIpc) is 2.88. The molecular formula is C14H19ClN2O. The Bertz CT molecular complexity index is 449. The van der Waals surface area contributed by atoms with Gasteiger partial charge in [-0.05, 0) is 37.7 Å². The fourth-order valence-corrected chi connectivity index (χ4v) is 3.29. The molecule has 2 saturated heterocycles. The Labute approximate surface area is 113 Å². The summed E-state index contributed by atoms with van der Waals surface area (Å²) in [6, 6.07) is 1.89. The molecule has 18 heavy (non-hydrogen) atoms. The van der Waals surface area contributed by atoms with E-state index in [1.165, 1.54) is 6.42 Å². The lowest BCUT2D eigenvalue weighted by Gasteiger charge is -2.18. The normalized spacial score (nSPS) is 30.3. The van der Waals surface area contributed by atoms with Gasteiger partial charge in [0.2, 0.25) is 0 Å². The molecule has 2 bridgehead atoms. The number of ether oxygens (including phenoxy) is 1. The van der Waals surface area contributed by atoms with Crippen LogP contribution in [0, 0.1) is 5.92 Å². The molecule has 2 aliphatic rings. The van der Waals surface area contributed by atoms with Gasteiger partial charge < -0.3 is 4.74 Å². The van der Waals surface area contributed by atoms with Gasteiger partial charge in [0.25, 0.3) is 0 Å². The van der Waals surface area contributed by atoms with Crippen molar-refractivity contribution in [3.8, 4) is 0 Å². The Hall–Kier alpha value is -0.670. The van der Waals surface area contributed by atoms with Crippen molar-refractivity contribution in [2.24, 2.45) is 5.92 Å². The molecule has 3 heterocycles. The van der Waals surface area contributed by atoms with Crippen LogP contribution in [0.25, 0.3) is 0 Å². The molecular weight excluding hydrogens is 248 g/mol. The first-order valence-corrected chi connectivity index (χ1v) is 7.18. The van der Waals surface area contributed by atoms with Crippen molar-refractivity contribution in [2.45, 2.75) is 57.7 Å². The molecule has 1 aromatic rings. The second-order valence-corrected chi connectivity index (χ2v) is 6.24. The number of fused-ring (bicyclic) bond motifs is 2. The lowest BCUT2D eigenvalue weighted by Crippen LogP contribution is -2.18. The molecule has 0 aromatic carbocycles. The first-order valence-electron chi connectivity index (χ1n) is 6.80. The van der Waals surface area contributed by atoms with E-state index >= 15 is 0 Å². The zero-order valence-electron chi connectivity index (χ0n) is 10.9. The number of aromatic nitrogens is 2. The summed E-state index contributed by atoms with van der Waals surface area (Å²) in [7, 11) is 0. The van der Waals surface area contributed by atoms with Gasteiger partial charge in [0.05, 0.1) is 12.2 Å². The standard InChI is InChI=1S/C14H19ClN2O/c1-8(2)5-9-6-13(15)17-14(16-9)11-7-10-3-4-12(11)18-10/h6,8,10-12H,3-5,7H2,1-2H3. The summed E-state index contributed by atoms with van der Waals surface area (Å²) in [5.74, 6) is 1.83. The Morgan fingerprint density at radius 2 is 2.22 bits per heavy atom. The third-order valence-electron chi connectivity index (χ3n) is 3.82. The second-order valence-electron chi connectivity index (χ2n) is 5.85. The van der Waals surface area contributed by atoms with E-state index in [-0.39, 0.29) is 0 Å². The van der Waals surface area contributed by atoms with Crippen LogP contribution in [0.4, 0.5) is 0 Å². The summed E-state index contributed by atoms with van der Waals surface area (Å²) in [4.78, 5) is 9.12. The minimum absolute atomic E-state index is 0.320. The highest BCUT2D eigenvalue weighted by Crippen LogP contribution is 2.43. The van der Waals surface area contributed by atoms with Gasteiger partial charge in [-0.25, -0.2) is 9.97 Å². The monoisotopic (exact) mass is 266 g/mol. The molecule has 1 aromatic heterocycles. The van der Waals surface area contributed by atoms with Gasteiger partial charge in [-0.3, -0.25) is 0 Å². The summed E-state index contributed by atoms with van der Waals surface area (Å²) < 4.78 is 5.88. The van der Waals surface area contributed by atoms with E-state index in [0.29, 0.717) is 29.2 Å². The quantitative estimate of drug-likeness (QED) is 0.787. The van der Waals surface area contributed by atoms with Gasteiger partial charge in [0.15, 0.2) is 0 Å². The largest absolute Gasteiger partial charge is 0.374 e. The maximum Gasteiger partial charge on any atom is 0.136 e. The first kappa shape index (κ1) is 12.4. The predicted molar refractivity (Wildman–Crippen MR) is 70.8 cm³/mol. The lowest BCUT2D eigenvalue weighted by atomic mass is 9.88. The van der Waals surface area contributed by atoms with E-state index in [4.69, 9.17) is 21.3 Å². The molecule has 3 nitrogen and oxygen atoms in total. The smallest absolute Gasteiger partial charge is 0.136 e. The molecule has 98 valence electrons. The molecule has 0 N–H and O–H groups in total. The molecule has 4 heteroatoms. The summed E-state index contributed by atoms with van der Waals surface area (Å²) >= 11 is 6.12. The first-order chi connectivity index (χ1) is 8.61. The van der Waals surface area contributed by atoms with Crippen molar-refractivity contribution in [3.63, 3.8) is 0 Å². The highest BCUT2D eigenvalue weighted by Gasteiger charge is 2.43. The maximum atomic E-state index is 6.12. The molecule has 0 aliphatic carbocycles. The van der Waals surface area contributed by atoms with Crippen LogP contribution in [0.2, 0.25) is 5.15 Å². The van der Waals surface area contributed by atoms with Crippen LogP contribution in [-0.2, 0) is 11.2 Å². The molecule has 2 aliphatic heterocycles. The van der Waals surface area contributed by atoms with Crippen LogP contribution >= 0.6 is 11.6 Å². The third kappa shape index (κ3) is 2.39. The minimum atomic E-state index is 0.320. The van der Waals surface area contributed by atoms with Gasteiger partial charge in [0, 0.05) is 11.6 Å². The number of hydrogen-bond donors (Lipinski definition) is 0. The van der Waals surface area contributed by atoms with E-state index in [1.807, 2.05) is 6.07 Å². The highest BCUT2D eigenvalue weighted by molar-refractivity contribution is 6.29. The molecule has 0 saturated carbocycles. The van der Waals surface area contributed by atoms with Crippen molar-refractivity contribution in [3.05, 3.63) is 22.7 Å². The fourth-order valence-electron chi connectivity index (χ4n) is 3.08. The average molecular weight is 267 g/mol. The SMILES string of the molecule is CC(C)Cc1cc(Cl)nc(C2CC3CCC2O3)n1. The summed E-state index contributed by atoms with van der Waals surface area (Å²) in [5.41, 5.74) is 1.06. The molecule has 0 amide bonds. The minimum Gasteiger partial charge on any atom is -0.374 e. The van der Waals surface area contributed by atoms with Crippen molar-refractivity contribution in [1.82, 2.24) is 9.97 Å². The van der Waals surface area contributed by atoms with E-state index in [2.05, 4.69) is 18.8 Å². The van der Waals surface area contributed by atoms with Gasteiger partial charge >= 0.3 is 0 Å². The van der Waals surface area contributed by atoms with Gasteiger partial charge in [-0.1, -0.05) is 25.4 Å². The second kappa shape index (κ2) is 4.78. The number of rotatable bonds is 3. The van der Waals surface area contributed by atoms with E-state index in [1.54, 1.807) is 0 Å². The zero-order valence-corrected chi connectivity index (χ0v) is 11.7. The summed E-state index contributed by atoms with van der Waals surface area (Å²) in [5, 5.41) is 0.568. The topological polar surface area (TPSA) is 35.0 Å². The Morgan fingerprint density at radius 3 is 2.83 bits per heavy atom. The summed E-state index contributed by atoms with van der Waals surface area (Å²) in [6.45, 7) is 4.38. The van der Waals surface area contributed by atoms with E-state index in [0.717, 1.165) is 30.8 Å². The van der Waals surface area contributed by atoms with Crippen LogP contribution in [-0.4, -0.2) is 22.2 Å². The lowest BCUT2D eigenvalue weighted by molar-refractivity contribution is 0.0998. The Morgan fingerprint density at radius 1 is 1.39 bits per heavy atom. The van der Waals surface area contributed by atoms with Gasteiger partial charge in [0.1, 0.15) is 11.0 Å². The fraction of sp³-hybridized carbons (Fsp3) is 0.714. The van der Waals surface area contributed by atoms with E-state index < -0.39 is 0 Å². The number of halogens is 1. The number of hydrogen-bond acceptors (Lipinski definition) is 3. The van der Waals surface area contributed by atoms with E-state index in [9.17, 15) is 0 Å². The van der Waals surface area contributed by atoms with Crippen LogP contribution < -0.4 is 0 Å². The zero-order chi connectivity index (χ0) is 12.7. The Kier molecular flexibility index (Phi) is 3.29. The Balaban J connectivity index is 1.85. The summed E-state index contributed by atoms with van der Waals surface area (Å²) in [6.07, 6.45) is 5.10. The van der Waals surface area contributed by atoms with Crippen LogP contribution in [0.5, 0.6) is 0 Å². The van der Waals surface area contributed by atoms with Crippen LogP contribution in [0.3, 0.4) is 0 Å². The van der Waals surface area contributed by atoms with Crippen molar-refractivity contribution < 1.29 is 4.74 Å². The van der Waals surface area contributed by atoms with Gasteiger partial charge in [-0.15, -0.1) is 0 Å². The maximum absolute atomic E-state index is 6.12. The van der Waals surface area contributed by atoms with Crippen molar-refractivity contribution in [2.75, 3.05) is 0 Å². The third-order valence-corrected chi connectivity index (χ3v) is 4.01. The van der Waals surface area contributed by atoms with Crippen molar-refractivity contribution in [1.29, 1.82) is 0 Å².